The number of piperidine rings is 3. The van der Waals surface area contributed by atoms with Gasteiger partial charge < -0.3 is 14.2 Å². The molecular formula is C14H15NO5. The Balaban J connectivity index is 1.95. The Bertz CT molecular complexity index is 478. The molecule has 0 radical (unpaired) electrons. The number of ether oxygens (including phenoxy) is 3. The summed E-state index contributed by atoms with van der Waals surface area (Å²) in [5.74, 6) is -0.146. The predicted molar refractivity (Wildman–Crippen MR) is 66.9 cm³/mol. The van der Waals surface area contributed by atoms with Gasteiger partial charge >= 0.3 is 17.8 Å². The normalized spacial score (nSPS) is 34.2. The average Bonchev–Trinajstić information content (AvgIpc) is 2.59. The van der Waals surface area contributed by atoms with Crippen LogP contribution in [0, 0.1) is 18.3 Å². The topological polar surface area (TPSA) is 65.1 Å². The summed E-state index contributed by atoms with van der Waals surface area (Å²) in [6, 6.07) is 0. The molecule has 106 valence electrons. The summed E-state index contributed by atoms with van der Waals surface area (Å²) in [5.41, 5.74) is 0. The summed E-state index contributed by atoms with van der Waals surface area (Å²) in [5, 5.41) is 0. The lowest BCUT2D eigenvalue weighted by Gasteiger charge is -2.54. The number of carbonyl (C=O) groups is 2. The maximum Gasteiger partial charge on any atom is 0.348 e. The monoisotopic (exact) mass is 277 g/mol. The molecule has 6 nitrogen and oxygen atoms in total. The Morgan fingerprint density at radius 1 is 1.30 bits per heavy atom. The van der Waals surface area contributed by atoms with Crippen LogP contribution >= 0.6 is 0 Å². The zero-order valence-electron chi connectivity index (χ0n) is 10.9. The van der Waals surface area contributed by atoms with Crippen molar-refractivity contribution < 1.29 is 23.8 Å². The van der Waals surface area contributed by atoms with Gasteiger partial charge in [0.15, 0.2) is 6.10 Å². The van der Waals surface area contributed by atoms with Gasteiger partial charge in [0.2, 0.25) is 0 Å². The molecule has 6 heteroatoms. The minimum absolute atomic E-state index is 0.0826. The first-order valence-corrected chi connectivity index (χ1v) is 6.60. The molecule has 0 N–H and O–H groups in total. The summed E-state index contributed by atoms with van der Waals surface area (Å²) >= 11 is 0. The Morgan fingerprint density at radius 2 is 1.90 bits per heavy atom. The number of fused-ring (bicyclic) bond motifs is 2. The van der Waals surface area contributed by atoms with Crippen LogP contribution in [0.3, 0.4) is 0 Å². The number of nitrogens with zero attached hydrogens (tertiary/aromatic N) is 1. The van der Waals surface area contributed by atoms with Gasteiger partial charge in [0.1, 0.15) is 6.61 Å². The highest BCUT2D eigenvalue weighted by Gasteiger charge is 2.61. The van der Waals surface area contributed by atoms with E-state index in [-0.39, 0.29) is 12.5 Å². The molecule has 1 unspecified atom stereocenters. The van der Waals surface area contributed by atoms with Crippen LogP contribution in [0.5, 0.6) is 0 Å². The molecule has 1 spiro atoms. The zero-order chi connectivity index (χ0) is 14.2. The smallest absolute Gasteiger partial charge is 0.348 e. The Morgan fingerprint density at radius 3 is 2.45 bits per heavy atom. The number of terminal acetylenes is 1. The van der Waals surface area contributed by atoms with Gasteiger partial charge in [0.05, 0.1) is 0 Å². The van der Waals surface area contributed by atoms with Crippen LogP contribution in [0.25, 0.3) is 0 Å². The molecule has 4 aliphatic rings. The van der Waals surface area contributed by atoms with E-state index in [9.17, 15) is 9.59 Å². The van der Waals surface area contributed by atoms with E-state index in [1.165, 1.54) is 0 Å². The second kappa shape index (κ2) is 4.93. The molecule has 0 amide bonds. The van der Waals surface area contributed by atoms with Crippen molar-refractivity contribution in [3.8, 4) is 12.3 Å². The molecule has 4 aliphatic heterocycles. The van der Waals surface area contributed by atoms with Gasteiger partial charge in [-0.2, -0.15) is 0 Å². The molecule has 4 heterocycles. The van der Waals surface area contributed by atoms with Gasteiger partial charge in [-0.25, -0.2) is 14.5 Å². The van der Waals surface area contributed by atoms with Crippen LogP contribution in [0.2, 0.25) is 0 Å². The first-order chi connectivity index (χ1) is 9.65. The third-order valence-corrected chi connectivity index (χ3v) is 3.96. The van der Waals surface area contributed by atoms with Crippen LogP contribution in [0.1, 0.15) is 12.8 Å². The van der Waals surface area contributed by atoms with Crippen LogP contribution in [0.15, 0.2) is 12.2 Å². The summed E-state index contributed by atoms with van der Waals surface area (Å²) in [6.45, 7) is 1.47. The van der Waals surface area contributed by atoms with E-state index in [0.717, 1.165) is 25.0 Å². The zero-order valence-corrected chi connectivity index (χ0v) is 10.9. The van der Waals surface area contributed by atoms with Crippen LogP contribution < -0.4 is 0 Å². The fourth-order valence-electron chi connectivity index (χ4n) is 3.13. The molecule has 3 fully saturated rings. The average molecular weight is 277 g/mol. The molecule has 0 aromatic heterocycles. The van der Waals surface area contributed by atoms with E-state index in [0.29, 0.717) is 13.1 Å². The first kappa shape index (κ1) is 13.2. The van der Waals surface area contributed by atoms with Crippen molar-refractivity contribution in [2.75, 3.05) is 19.7 Å². The SMILES string of the molecule is C#CCOC1C2CCN(CC2)C12OC(=O)C=CC(=O)O2. The van der Waals surface area contributed by atoms with Crippen LogP contribution in [0.4, 0.5) is 0 Å². The second-order valence-electron chi connectivity index (χ2n) is 5.07. The highest BCUT2D eigenvalue weighted by molar-refractivity contribution is 5.93. The van der Waals surface area contributed by atoms with Crippen LogP contribution in [-0.4, -0.2) is 48.5 Å². The van der Waals surface area contributed by atoms with Gasteiger partial charge in [-0.05, 0) is 18.8 Å². The minimum atomic E-state index is -1.48. The maximum atomic E-state index is 11.7. The van der Waals surface area contributed by atoms with E-state index in [1.54, 1.807) is 0 Å². The Labute approximate surface area is 116 Å². The molecule has 1 atom stereocenters. The fraction of sp³-hybridized carbons (Fsp3) is 0.571. The lowest BCUT2D eigenvalue weighted by atomic mass is 9.82. The fourth-order valence-corrected chi connectivity index (χ4v) is 3.13. The maximum absolute atomic E-state index is 11.7. The van der Waals surface area contributed by atoms with Crippen molar-refractivity contribution in [1.29, 1.82) is 0 Å². The number of carbonyl (C=O) groups excluding carboxylic acids is 2. The Hall–Kier alpha value is -1.84. The molecule has 20 heavy (non-hydrogen) atoms. The van der Waals surface area contributed by atoms with Crippen molar-refractivity contribution in [2.24, 2.45) is 5.92 Å². The van der Waals surface area contributed by atoms with Crippen LogP contribution in [-0.2, 0) is 23.8 Å². The molecule has 0 aromatic carbocycles. The van der Waals surface area contributed by atoms with Gasteiger partial charge in [0, 0.05) is 25.2 Å². The van der Waals surface area contributed by atoms with Crippen molar-refractivity contribution in [3.63, 3.8) is 0 Å². The van der Waals surface area contributed by atoms with E-state index in [4.69, 9.17) is 20.6 Å². The van der Waals surface area contributed by atoms with Gasteiger partial charge in [-0.1, -0.05) is 5.92 Å². The molecule has 0 aliphatic carbocycles. The summed E-state index contributed by atoms with van der Waals surface area (Å²) in [6.07, 6.45) is 8.62. The van der Waals surface area contributed by atoms with E-state index < -0.39 is 24.0 Å². The quantitative estimate of drug-likeness (QED) is 0.524. The minimum Gasteiger partial charge on any atom is -0.403 e. The van der Waals surface area contributed by atoms with Crippen molar-refractivity contribution in [3.05, 3.63) is 12.2 Å². The third-order valence-electron chi connectivity index (χ3n) is 3.96. The summed E-state index contributed by atoms with van der Waals surface area (Å²) in [7, 11) is 0. The summed E-state index contributed by atoms with van der Waals surface area (Å²) in [4.78, 5) is 25.3. The number of rotatable bonds is 2. The molecule has 4 rings (SSSR count). The van der Waals surface area contributed by atoms with Crippen molar-refractivity contribution in [1.82, 2.24) is 4.90 Å². The first-order valence-electron chi connectivity index (χ1n) is 6.60. The predicted octanol–water partition coefficient (Wildman–Crippen LogP) is 0.0404. The lowest BCUT2D eigenvalue weighted by Crippen LogP contribution is -2.70. The van der Waals surface area contributed by atoms with Crippen molar-refractivity contribution >= 4 is 11.9 Å². The molecule has 2 bridgehead atoms. The standard InChI is InChI=1S/C14H15NO5/c1-2-9-18-13-10-5-7-15(8-6-10)14(13)19-11(16)3-4-12(17)20-14/h1,3-4,10,13H,5-9H2. The molecule has 0 saturated carbocycles. The van der Waals surface area contributed by atoms with E-state index in [1.807, 2.05) is 4.90 Å². The lowest BCUT2D eigenvalue weighted by molar-refractivity contribution is -0.359. The van der Waals surface area contributed by atoms with Crippen molar-refractivity contribution in [2.45, 2.75) is 24.9 Å². The second-order valence-corrected chi connectivity index (χ2v) is 5.07. The molecular weight excluding hydrogens is 262 g/mol. The van der Waals surface area contributed by atoms with E-state index in [2.05, 4.69) is 5.92 Å². The highest BCUT2D eigenvalue weighted by atomic mass is 16.8. The van der Waals surface area contributed by atoms with Gasteiger partial charge in [-0.15, -0.1) is 6.42 Å². The largest absolute Gasteiger partial charge is 0.403 e. The summed E-state index contributed by atoms with van der Waals surface area (Å²) < 4.78 is 16.5. The highest BCUT2D eigenvalue weighted by Crippen LogP contribution is 2.43. The number of hydrogen-bond donors (Lipinski definition) is 0. The van der Waals surface area contributed by atoms with Gasteiger partial charge in [-0.3, -0.25) is 0 Å². The number of hydrogen-bond acceptors (Lipinski definition) is 6. The third kappa shape index (κ3) is 1.99. The van der Waals surface area contributed by atoms with Gasteiger partial charge in [0.25, 0.3) is 0 Å². The molecule has 3 saturated heterocycles. The number of esters is 2. The molecule has 0 aromatic rings. The Kier molecular flexibility index (Phi) is 3.24. The van der Waals surface area contributed by atoms with E-state index >= 15 is 0 Å².